The predicted molar refractivity (Wildman–Crippen MR) is 54.8 cm³/mol. The molecule has 1 unspecified atom stereocenters. The van der Waals surface area contributed by atoms with E-state index >= 15 is 0 Å². The van der Waals surface area contributed by atoms with Crippen LogP contribution in [0.25, 0.3) is 0 Å². The molecule has 3 nitrogen and oxygen atoms in total. The molecule has 3 heteroatoms. The van der Waals surface area contributed by atoms with Crippen molar-refractivity contribution in [2.45, 2.75) is 25.3 Å². The van der Waals surface area contributed by atoms with Gasteiger partial charge < -0.3 is 15.3 Å². The van der Waals surface area contributed by atoms with Crippen LogP contribution in [0, 0.1) is 5.92 Å². The van der Waals surface area contributed by atoms with E-state index in [2.05, 4.69) is 24.2 Å². The molecule has 13 heavy (non-hydrogen) atoms. The van der Waals surface area contributed by atoms with Gasteiger partial charge in [0.25, 0.3) is 0 Å². The number of likely N-dealkylation sites (N-methyl/N-ethyl adjacent to an activating group) is 2. The maximum Gasteiger partial charge on any atom is 0.0623 e. The van der Waals surface area contributed by atoms with Gasteiger partial charge in [0.15, 0.2) is 0 Å². The van der Waals surface area contributed by atoms with Crippen LogP contribution in [0.2, 0.25) is 0 Å². The lowest BCUT2D eigenvalue weighted by molar-refractivity contribution is 0.137. The molecular weight excluding hydrogens is 164 g/mol. The number of hydrogen-bond donors (Lipinski definition) is 2. The molecule has 0 radical (unpaired) electrons. The summed E-state index contributed by atoms with van der Waals surface area (Å²) >= 11 is 0. The molecule has 1 saturated carbocycles. The van der Waals surface area contributed by atoms with E-state index in [0.717, 1.165) is 12.5 Å². The molecule has 2 N–H and O–H groups in total. The van der Waals surface area contributed by atoms with Crippen LogP contribution in [-0.4, -0.2) is 49.3 Å². The molecule has 0 aromatic carbocycles. The molecule has 1 rings (SSSR count). The second-order valence-corrected chi connectivity index (χ2v) is 4.61. The van der Waals surface area contributed by atoms with Gasteiger partial charge >= 0.3 is 0 Å². The van der Waals surface area contributed by atoms with E-state index in [1.807, 2.05) is 7.05 Å². The van der Waals surface area contributed by atoms with Crippen molar-refractivity contribution in [3.05, 3.63) is 0 Å². The lowest BCUT2D eigenvalue weighted by atomic mass is 10.0. The quantitative estimate of drug-likeness (QED) is 0.626. The first-order valence-electron chi connectivity index (χ1n) is 5.08. The first-order chi connectivity index (χ1) is 6.09. The van der Waals surface area contributed by atoms with Gasteiger partial charge in [0.05, 0.1) is 12.1 Å². The molecule has 1 aliphatic carbocycles. The minimum Gasteiger partial charge on any atom is -0.394 e. The summed E-state index contributed by atoms with van der Waals surface area (Å²) in [7, 11) is 4.03. The molecule has 1 atom stereocenters. The molecule has 0 heterocycles. The molecule has 0 amide bonds. The molecule has 1 aliphatic rings. The van der Waals surface area contributed by atoms with Crippen molar-refractivity contribution in [1.29, 1.82) is 0 Å². The number of nitrogens with zero attached hydrogens (tertiary/aromatic N) is 1. The van der Waals surface area contributed by atoms with Gasteiger partial charge in [-0.1, -0.05) is 0 Å². The number of nitrogens with one attached hydrogen (secondary N) is 1. The first kappa shape index (κ1) is 11.0. The van der Waals surface area contributed by atoms with Gasteiger partial charge in [-0.05, 0) is 39.8 Å². The molecular formula is C10H22N2O. The highest BCUT2D eigenvalue weighted by Crippen LogP contribution is 2.29. The Bertz CT molecular complexity index is 153. The summed E-state index contributed by atoms with van der Waals surface area (Å²) in [5, 5.41) is 12.4. The maximum atomic E-state index is 9.19. The fourth-order valence-corrected chi connectivity index (χ4v) is 1.61. The van der Waals surface area contributed by atoms with Crippen molar-refractivity contribution in [2.24, 2.45) is 5.92 Å². The first-order valence-corrected chi connectivity index (χ1v) is 5.08. The highest BCUT2D eigenvalue weighted by atomic mass is 16.3. The third-order valence-electron chi connectivity index (χ3n) is 2.84. The smallest absolute Gasteiger partial charge is 0.0623 e. The largest absolute Gasteiger partial charge is 0.394 e. The van der Waals surface area contributed by atoms with E-state index < -0.39 is 0 Å². The molecule has 0 saturated heterocycles. The van der Waals surface area contributed by atoms with Crippen LogP contribution < -0.4 is 5.32 Å². The average Bonchev–Trinajstić information content (AvgIpc) is 2.88. The Labute approximate surface area is 81.1 Å². The summed E-state index contributed by atoms with van der Waals surface area (Å²) in [6, 6.07) is 0. The van der Waals surface area contributed by atoms with E-state index in [0.29, 0.717) is 0 Å². The van der Waals surface area contributed by atoms with Gasteiger partial charge in [0.2, 0.25) is 0 Å². The summed E-state index contributed by atoms with van der Waals surface area (Å²) in [4.78, 5) is 2.31. The van der Waals surface area contributed by atoms with Crippen molar-refractivity contribution >= 4 is 0 Å². The maximum absolute atomic E-state index is 9.19. The zero-order valence-corrected chi connectivity index (χ0v) is 9.01. The van der Waals surface area contributed by atoms with Crippen LogP contribution in [-0.2, 0) is 0 Å². The lowest BCUT2D eigenvalue weighted by Gasteiger charge is -2.31. The van der Waals surface area contributed by atoms with E-state index in [1.54, 1.807) is 0 Å². The van der Waals surface area contributed by atoms with Crippen LogP contribution in [0.15, 0.2) is 0 Å². The van der Waals surface area contributed by atoms with Crippen LogP contribution >= 0.6 is 0 Å². The molecule has 0 aromatic rings. The van der Waals surface area contributed by atoms with Crippen LogP contribution in [0.3, 0.4) is 0 Å². The molecule has 78 valence electrons. The summed E-state index contributed by atoms with van der Waals surface area (Å²) < 4.78 is 0. The van der Waals surface area contributed by atoms with Gasteiger partial charge in [-0.25, -0.2) is 0 Å². The standard InChI is InChI=1S/C10H22N2O/c1-10(8-13,11-2)7-12(3)6-9-4-5-9/h9,11,13H,4-8H2,1-3H3. The van der Waals surface area contributed by atoms with E-state index in [1.165, 1.54) is 19.4 Å². The zero-order chi connectivity index (χ0) is 9.90. The Hall–Kier alpha value is -0.120. The summed E-state index contributed by atoms with van der Waals surface area (Å²) in [5.74, 6) is 0.921. The zero-order valence-electron chi connectivity index (χ0n) is 9.01. The Morgan fingerprint density at radius 1 is 1.54 bits per heavy atom. The molecule has 0 spiro atoms. The predicted octanol–water partition coefficient (Wildman–Crippen LogP) is 0.299. The van der Waals surface area contributed by atoms with Gasteiger partial charge in [-0.2, -0.15) is 0 Å². The topological polar surface area (TPSA) is 35.5 Å². The van der Waals surface area contributed by atoms with E-state index in [4.69, 9.17) is 0 Å². The number of aliphatic hydroxyl groups excluding tert-OH is 1. The van der Waals surface area contributed by atoms with Gasteiger partial charge in [-0.15, -0.1) is 0 Å². The Morgan fingerprint density at radius 2 is 2.15 bits per heavy atom. The molecule has 0 bridgehead atoms. The Morgan fingerprint density at radius 3 is 2.54 bits per heavy atom. The Balaban J connectivity index is 2.26. The monoisotopic (exact) mass is 186 g/mol. The van der Waals surface area contributed by atoms with E-state index in [9.17, 15) is 5.11 Å². The minimum absolute atomic E-state index is 0.149. The normalized spacial score (nSPS) is 21.9. The summed E-state index contributed by atoms with van der Waals surface area (Å²) in [6.45, 7) is 4.34. The number of hydrogen-bond acceptors (Lipinski definition) is 3. The second kappa shape index (κ2) is 4.40. The van der Waals surface area contributed by atoms with Crippen molar-refractivity contribution < 1.29 is 5.11 Å². The van der Waals surface area contributed by atoms with Crippen LogP contribution in [0.1, 0.15) is 19.8 Å². The summed E-state index contributed by atoms with van der Waals surface area (Å²) in [5.41, 5.74) is -0.149. The Kier molecular flexibility index (Phi) is 3.71. The highest BCUT2D eigenvalue weighted by molar-refractivity contribution is 4.85. The SMILES string of the molecule is CNC(C)(CO)CN(C)CC1CC1. The lowest BCUT2D eigenvalue weighted by Crippen LogP contribution is -2.52. The minimum atomic E-state index is -0.149. The van der Waals surface area contributed by atoms with Crippen molar-refractivity contribution in [3.63, 3.8) is 0 Å². The van der Waals surface area contributed by atoms with Crippen molar-refractivity contribution in [2.75, 3.05) is 33.8 Å². The van der Waals surface area contributed by atoms with Gasteiger partial charge in [0.1, 0.15) is 0 Å². The highest BCUT2D eigenvalue weighted by Gasteiger charge is 2.27. The van der Waals surface area contributed by atoms with Crippen LogP contribution in [0.4, 0.5) is 0 Å². The summed E-state index contributed by atoms with van der Waals surface area (Å²) in [6.07, 6.45) is 2.78. The molecule has 0 aliphatic heterocycles. The van der Waals surface area contributed by atoms with Gasteiger partial charge in [-0.3, -0.25) is 0 Å². The third kappa shape index (κ3) is 3.63. The fourth-order valence-electron chi connectivity index (χ4n) is 1.61. The fraction of sp³-hybridized carbons (Fsp3) is 1.00. The van der Waals surface area contributed by atoms with Crippen molar-refractivity contribution in [1.82, 2.24) is 10.2 Å². The van der Waals surface area contributed by atoms with Crippen molar-refractivity contribution in [3.8, 4) is 0 Å². The van der Waals surface area contributed by atoms with Gasteiger partial charge in [0, 0.05) is 13.1 Å². The second-order valence-electron chi connectivity index (χ2n) is 4.61. The number of aliphatic hydroxyl groups is 1. The van der Waals surface area contributed by atoms with E-state index in [-0.39, 0.29) is 12.1 Å². The number of rotatable bonds is 6. The average molecular weight is 186 g/mol. The molecule has 0 aromatic heterocycles. The van der Waals surface area contributed by atoms with Crippen LogP contribution in [0.5, 0.6) is 0 Å². The molecule has 1 fully saturated rings. The third-order valence-corrected chi connectivity index (χ3v) is 2.84.